The molecule has 220 valence electrons. The van der Waals surface area contributed by atoms with Crippen LogP contribution >= 0.6 is 0 Å². The van der Waals surface area contributed by atoms with Crippen LogP contribution in [0.3, 0.4) is 0 Å². The van der Waals surface area contributed by atoms with Crippen LogP contribution in [0.5, 0.6) is 0 Å². The number of aromatic nitrogens is 6. The summed E-state index contributed by atoms with van der Waals surface area (Å²) in [6.45, 7) is 11.5. The van der Waals surface area contributed by atoms with Crippen molar-refractivity contribution in [3.63, 3.8) is 0 Å². The van der Waals surface area contributed by atoms with Crippen molar-refractivity contribution < 1.29 is 14.9 Å². The van der Waals surface area contributed by atoms with E-state index >= 15 is 0 Å². The van der Waals surface area contributed by atoms with Crippen molar-refractivity contribution in [2.45, 2.75) is 95.8 Å². The Labute approximate surface area is 240 Å². The van der Waals surface area contributed by atoms with E-state index in [4.69, 9.17) is 15.5 Å². The topological polar surface area (TPSA) is 160 Å². The Hall–Kier alpha value is -3.12. The van der Waals surface area contributed by atoms with Crippen molar-refractivity contribution in [2.75, 3.05) is 12.3 Å². The lowest BCUT2D eigenvalue weighted by atomic mass is 9.64. The molecule has 0 spiro atoms. The summed E-state index contributed by atoms with van der Waals surface area (Å²) in [6.07, 6.45) is 3.67. The number of benzene rings is 1. The standard InChI is InChI=1S/C30H42N8O3/c1-29(2,3)17-7-8-19-20(12-17)37-22(36-19)9-6-16-10-18(11-16)30(4,5)35-13-21-24(39)25(40)28(41-21)38-15-34-23-26(31)32-14-33-27(23)38/h7-8,12,14-16,18,21,24-25,28,35,39-40H,6,9-11,13H2,1-5H3,(H,36,37)(H2,31,32,33)/t16?,18?,21-,24-,25-,28-/m1/s1. The third-order valence-corrected chi connectivity index (χ3v) is 9.20. The van der Waals surface area contributed by atoms with Gasteiger partial charge in [-0.3, -0.25) is 4.57 Å². The van der Waals surface area contributed by atoms with Crippen LogP contribution < -0.4 is 11.1 Å². The Morgan fingerprint density at radius 2 is 1.88 bits per heavy atom. The molecule has 1 saturated heterocycles. The maximum atomic E-state index is 10.8. The van der Waals surface area contributed by atoms with E-state index < -0.39 is 24.5 Å². The first kappa shape index (κ1) is 28.0. The Morgan fingerprint density at radius 1 is 1.10 bits per heavy atom. The Balaban J connectivity index is 1.00. The number of ether oxygens (including phenoxy) is 1. The fraction of sp³-hybridized carbons (Fsp3) is 0.600. The van der Waals surface area contributed by atoms with Gasteiger partial charge in [0, 0.05) is 18.5 Å². The summed E-state index contributed by atoms with van der Waals surface area (Å²) >= 11 is 0. The predicted molar refractivity (Wildman–Crippen MR) is 157 cm³/mol. The highest BCUT2D eigenvalue weighted by molar-refractivity contribution is 5.81. The third-order valence-electron chi connectivity index (χ3n) is 9.20. The number of nitrogens with one attached hydrogen (secondary N) is 2. The van der Waals surface area contributed by atoms with Gasteiger partial charge in [-0.05, 0) is 68.1 Å². The second kappa shape index (κ2) is 10.3. The minimum atomic E-state index is -1.12. The number of aromatic amines is 1. The quantitative estimate of drug-likeness (QED) is 0.217. The van der Waals surface area contributed by atoms with E-state index in [1.165, 1.54) is 18.2 Å². The molecule has 1 aliphatic heterocycles. The first-order chi connectivity index (χ1) is 19.4. The molecule has 2 aliphatic rings. The largest absolute Gasteiger partial charge is 0.387 e. The lowest BCUT2D eigenvalue weighted by molar-refractivity contribution is -0.0378. The molecule has 0 bridgehead atoms. The molecule has 1 aromatic carbocycles. The molecule has 0 amide bonds. The zero-order valence-electron chi connectivity index (χ0n) is 24.5. The summed E-state index contributed by atoms with van der Waals surface area (Å²) < 4.78 is 7.72. The zero-order valence-corrected chi connectivity index (χ0v) is 24.5. The zero-order chi connectivity index (χ0) is 29.1. The molecule has 1 aliphatic carbocycles. The summed E-state index contributed by atoms with van der Waals surface area (Å²) in [5.74, 6) is 2.51. The molecular formula is C30H42N8O3. The van der Waals surface area contributed by atoms with Crippen molar-refractivity contribution in [2.24, 2.45) is 11.8 Å². The highest BCUT2D eigenvalue weighted by atomic mass is 16.6. The number of nitrogen functional groups attached to an aromatic ring is 1. The number of nitrogens with zero attached hydrogens (tertiary/aromatic N) is 5. The van der Waals surface area contributed by atoms with Gasteiger partial charge in [-0.1, -0.05) is 26.8 Å². The predicted octanol–water partition coefficient (Wildman–Crippen LogP) is 3.23. The van der Waals surface area contributed by atoms with Crippen LogP contribution in [0, 0.1) is 11.8 Å². The lowest BCUT2D eigenvalue weighted by Gasteiger charge is -2.46. The summed E-state index contributed by atoms with van der Waals surface area (Å²) in [5, 5.41) is 25.2. The summed E-state index contributed by atoms with van der Waals surface area (Å²) in [6, 6.07) is 6.53. The monoisotopic (exact) mass is 562 g/mol. The second-order valence-electron chi connectivity index (χ2n) is 13.5. The van der Waals surface area contributed by atoms with E-state index in [-0.39, 0.29) is 16.8 Å². The van der Waals surface area contributed by atoms with Crippen molar-refractivity contribution in [1.82, 2.24) is 34.8 Å². The van der Waals surface area contributed by atoms with Gasteiger partial charge in [0.1, 0.15) is 36.0 Å². The van der Waals surface area contributed by atoms with Gasteiger partial charge in [0.05, 0.1) is 17.4 Å². The van der Waals surface area contributed by atoms with Crippen LogP contribution in [0.4, 0.5) is 5.82 Å². The number of nitrogens with two attached hydrogens (primary N) is 1. The van der Waals surface area contributed by atoms with Crippen molar-refractivity contribution >= 4 is 28.0 Å². The first-order valence-electron chi connectivity index (χ1n) is 14.6. The number of aliphatic hydroxyl groups is 2. The van der Waals surface area contributed by atoms with Crippen molar-refractivity contribution in [3.05, 3.63) is 42.2 Å². The molecular weight excluding hydrogens is 520 g/mol. The van der Waals surface area contributed by atoms with Crippen LogP contribution in [0.25, 0.3) is 22.2 Å². The van der Waals surface area contributed by atoms with Crippen LogP contribution in [0.1, 0.15) is 71.5 Å². The van der Waals surface area contributed by atoms with E-state index in [0.29, 0.717) is 29.5 Å². The van der Waals surface area contributed by atoms with E-state index in [1.54, 1.807) is 4.57 Å². The van der Waals surface area contributed by atoms with Crippen LogP contribution in [-0.4, -0.2) is 70.1 Å². The van der Waals surface area contributed by atoms with Crippen LogP contribution in [-0.2, 0) is 16.6 Å². The Bertz CT molecular complexity index is 1530. The SMILES string of the molecule is CC(C)(C)c1ccc2nc(CCC3CC(C(C)(C)NC[C@H]4O[C@@H](n5cnc6c(N)ncnc65)[C@H](O)[C@@H]4O)C3)[nH]c2c1. The van der Waals surface area contributed by atoms with Crippen LogP contribution in [0.15, 0.2) is 30.9 Å². The fourth-order valence-electron chi connectivity index (χ4n) is 6.24. The maximum absolute atomic E-state index is 10.8. The summed E-state index contributed by atoms with van der Waals surface area (Å²) in [7, 11) is 0. The van der Waals surface area contributed by atoms with Gasteiger partial charge in [0.2, 0.25) is 0 Å². The first-order valence-corrected chi connectivity index (χ1v) is 14.6. The highest BCUT2D eigenvalue weighted by Gasteiger charge is 2.46. The summed E-state index contributed by atoms with van der Waals surface area (Å²) in [5.41, 5.74) is 10.2. The molecule has 6 rings (SSSR count). The summed E-state index contributed by atoms with van der Waals surface area (Å²) in [4.78, 5) is 20.8. The molecule has 0 radical (unpaired) electrons. The van der Waals surface area contributed by atoms with Gasteiger partial charge in [-0.15, -0.1) is 0 Å². The van der Waals surface area contributed by atoms with E-state index in [1.807, 2.05) is 0 Å². The van der Waals surface area contributed by atoms with E-state index in [2.05, 4.69) is 78.1 Å². The normalized spacial score (nSPS) is 27.1. The van der Waals surface area contributed by atoms with Crippen molar-refractivity contribution in [3.8, 4) is 0 Å². The maximum Gasteiger partial charge on any atom is 0.167 e. The van der Waals surface area contributed by atoms with E-state index in [0.717, 1.165) is 42.5 Å². The molecule has 11 heteroatoms. The minimum absolute atomic E-state index is 0.115. The van der Waals surface area contributed by atoms with Gasteiger partial charge in [0.25, 0.3) is 0 Å². The molecule has 4 aromatic rings. The van der Waals surface area contributed by atoms with Gasteiger partial charge in [-0.25, -0.2) is 19.9 Å². The molecule has 4 heterocycles. The van der Waals surface area contributed by atoms with E-state index in [9.17, 15) is 10.2 Å². The third kappa shape index (κ3) is 5.31. The molecule has 2 fully saturated rings. The van der Waals surface area contributed by atoms with Gasteiger partial charge in [-0.2, -0.15) is 0 Å². The fourth-order valence-corrected chi connectivity index (χ4v) is 6.24. The minimum Gasteiger partial charge on any atom is -0.387 e. The lowest BCUT2D eigenvalue weighted by Crippen LogP contribution is -2.54. The smallest absolute Gasteiger partial charge is 0.167 e. The van der Waals surface area contributed by atoms with Gasteiger partial charge in [0.15, 0.2) is 17.7 Å². The molecule has 11 nitrogen and oxygen atoms in total. The molecule has 3 aromatic heterocycles. The molecule has 4 atom stereocenters. The number of hydrogen-bond acceptors (Lipinski definition) is 9. The Kier molecular flexibility index (Phi) is 7.04. The average molecular weight is 563 g/mol. The number of anilines is 1. The number of hydrogen-bond donors (Lipinski definition) is 5. The molecule has 0 unspecified atom stereocenters. The number of rotatable bonds is 8. The number of aryl methyl sites for hydroxylation is 1. The van der Waals surface area contributed by atoms with Gasteiger partial charge >= 0.3 is 0 Å². The average Bonchev–Trinajstić information content (AvgIpc) is 3.57. The van der Waals surface area contributed by atoms with Crippen molar-refractivity contribution in [1.29, 1.82) is 0 Å². The molecule has 1 saturated carbocycles. The highest BCUT2D eigenvalue weighted by Crippen LogP contribution is 2.43. The second-order valence-corrected chi connectivity index (χ2v) is 13.5. The number of fused-ring (bicyclic) bond motifs is 2. The number of H-pyrrole nitrogens is 1. The van der Waals surface area contributed by atoms with Gasteiger partial charge < -0.3 is 31.0 Å². The van der Waals surface area contributed by atoms with Crippen LogP contribution in [0.2, 0.25) is 0 Å². The molecule has 41 heavy (non-hydrogen) atoms. The molecule has 6 N–H and O–H groups in total. The number of aliphatic hydroxyl groups excluding tert-OH is 2. The number of imidazole rings is 2. The Morgan fingerprint density at radius 3 is 2.63 bits per heavy atom.